The Balaban J connectivity index is 3.26. The zero-order chi connectivity index (χ0) is 13.4. The summed E-state index contributed by atoms with van der Waals surface area (Å²) in [5, 5.41) is 10.3. The van der Waals surface area contributed by atoms with E-state index in [1.54, 1.807) is 0 Å². The minimum absolute atomic E-state index is 0.0827. The van der Waals surface area contributed by atoms with E-state index in [1.165, 1.54) is 18.2 Å². The first-order valence-electron chi connectivity index (χ1n) is 4.28. The lowest BCUT2D eigenvalue weighted by molar-refractivity contribution is 0.181. The van der Waals surface area contributed by atoms with Crippen molar-refractivity contribution in [1.82, 2.24) is 0 Å². The molecule has 1 N–H and O–H groups in total. The quantitative estimate of drug-likeness (QED) is 0.862. The molecular formula is C9H8Cl4O3S. The Bertz CT molecular complexity index is 527. The highest BCUT2D eigenvalue weighted by Gasteiger charge is 2.45. The van der Waals surface area contributed by atoms with Crippen LogP contribution in [0, 0.1) is 0 Å². The van der Waals surface area contributed by atoms with Crippen molar-refractivity contribution < 1.29 is 13.5 Å². The molecule has 1 aromatic rings. The van der Waals surface area contributed by atoms with Gasteiger partial charge in [-0.1, -0.05) is 52.5 Å². The molecule has 0 amide bonds. The molecule has 0 aromatic heterocycles. The highest BCUT2D eigenvalue weighted by molar-refractivity contribution is 7.94. The van der Waals surface area contributed by atoms with Crippen LogP contribution in [0.25, 0.3) is 0 Å². The minimum Gasteiger partial charge on any atom is -0.384 e. The van der Waals surface area contributed by atoms with Crippen LogP contribution in [0.15, 0.2) is 18.2 Å². The third-order valence-corrected chi connectivity index (χ3v) is 5.94. The Morgan fingerprint density at radius 3 is 2.24 bits per heavy atom. The van der Waals surface area contributed by atoms with Gasteiger partial charge in [0, 0.05) is 21.9 Å². The summed E-state index contributed by atoms with van der Waals surface area (Å²) in [5.41, 5.74) is 0.0893. The summed E-state index contributed by atoms with van der Waals surface area (Å²) in [6, 6.07) is 4.16. The number of sulfone groups is 1. The van der Waals surface area contributed by atoms with E-state index in [-0.39, 0.29) is 10.6 Å². The summed E-state index contributed by atoms with van der Waals surface area (Å²) in [6.07, 6.45) is -0.856. The van der Waals surface area contributed by atoms with Crippen molar-refractivity contribution in [2.75, 3.05) is 6.26 Å². The van der Waals surface area contributed by atoms with Gasteiger partial charge in [-0.2, -0.15) is 0 Å². The Morgan fingerprint density at radius 1 is 1.29 bits per heavy atom. The predicted octanol–water partition coefficient (Wildman–Crippen LogP) is 3.20. The first-order valence-corrected chi connectivity index (χ1v) is 7.68. The normalized spacial score (nSPS) is 14.7. The number of rotatable bonds is 3. The second-order valence-corrected chi connectivity index (χ2v) is 8.27. The van der Waals surface area contributed by atoms with Crippen LogP contribution in [0.4, 0.5) is 0 Å². The zero-order valence-corrected chi connectivity index (χ0v) is 12.3. The third-order valence-electron chi connectivity index (χ3n) is 2.07. The van der Waals surface area contributed by atoms with Gasteiger partial charge in [0.1, 0.15) is 6.10 Å². The van der Waals surface area contributed by atoms with E-state index < -0.39 is 19.6 Å². The third kappa shape index (κ3) is 3.19. The maximum absolute atomic E-state index is 11.4. The molecule has 0 aliphatic rings. The van der Waals surface area contributed by atoms with Crippen LogP contribution in [0.5, 0.6) is 0 Å². The first kappa shape index (κ1) is 15.3. The maximum Gasteiger partial charge on any atom is 0.247 e. The average Bonchev–Trinajstić information content (AvgIpc) is 2.14. The summed E-state index contributed by atoms with van der Waals surface area (Å²) < 4.78 is 20.3. The standard InChI is InChI=1S/C9H8Cl4O3S/c1-17(15,16)9(12,13)8(14)6-3-2-5(10)4-7(6)11/h2-4,8,14H,1H3/t8-/m0/s1. The van der Waals surface area contributed by atoms with Crippen LogP contribution < -0.4 is 0 Å². The molecule has 0 aliphatic heterocycles. The molecule has 0 unspecified atom stereocenters. The van der Waals surface area contributed by atoms with Crippen molar-refractivity contribution in [2.24, 2.45) is 0 Å². The van der Waals surface area contributed by atoms with Crippen molar-refractivity contribution in [3.63, 3.8) is 0 Å². The molecule has 3 nitrogen and oxygen atoms in total. The van der Waals surface area contributed by atoms with Gasteiger partial charge >= 0.3 is 0 Å². The molecular weight excluding hydrogens is 330 g/mol. The molecule has 17 heavy (non-hydrogen) atoms. The van der Waals surface area contributed by atoms with E-state index in [0.29, 0.717) is 5.02 Å². The molecule has 1 rings (SSSR count). The molecule has 0 spiro atoms. The monoisotopic (exact) mass is 336 g/mol. The molecule has 1 atom stereocenters. The smallest absolute Gasteiger partial charge is 0.247 e. The van der Waals surface area contributed by atoms with Crippen molar-refractivity contribution in [3.05, 3.63) is 33.8 Å². The van der Waals surface area contributed by atoms with Gasteiger partial charge in [0.25, 0.3) is 0 Å². The lowest BCUT2D eigenvalue weighted by Gasteiger charge is -2.24. The van der Waals surface area contributed by atoms with E-state index in [0.717, 1.165) is 6.26 Å². The minimum atomic E-state index is -3.89. The average molecular weight is 338 g/mol. The Morgan fingerprint density at radius 2 is 1.82 bits per heavy atom. The second kappa shape index (κ2) is 5.11. The number of halogens is 4. The molecule has 0 bridgehead atoms. The van der Waals surface area contributed by atoms with Gasteiger partial charge in [0.15, 0.2) is 9.84 Å². The van der Waals surface area contributed by atoms with E-state index in [2.05, 4.69) is 0 Å². The van der Waals surface area contributed by atoms with Crippen LogP contribution in [0.3, 0.4) is 0 Å². The zero-order valence-electron chi connectivity index (χ0n) is 8.49. The van der Waals surface area contributed by atoms with Gasteiger partial charge in [-0.25, -0.2) is 8.42 Å². The lowest BCUT2D eigenvalue weighted by atomic mass is 10.1. The van der Waals surface area contributed by atoms with Crippen LogP contribution in [0.1, 0.15) is 11.7 Å². The first-order chi connectivity index (χ1) is 7.57. The molecule has 0 saturated carbocycles. The SMILES string of the molecule is CS(=O)(=O)C(Cl)(Cl)[C@@H](O)c1ccc(Cl)cc1Cl. The number of hydrogen-bond donors (Lipinski definition) is 1. The number of aliphatic hydroxyl groups excluding tert-OH is 1. The van der Waals surface area contributed by atoms with Crippen LogP contribution in [-0.4, -0.2) is 23.4 Å². The highest BCUT2D eigenvalue weighted by Crippen LogP contribution is 2.42. The van der Waals surface area contributed by atoms with Gasteiger partial charge in [0.05, 0.1) is 0 Å². The van der Waals surface area contributed by atoms with E-state index in [1.807, 2.05) is 0 Å². The Kier molecular flexibility index (Phi) is 4.62. The maximum atomic E-state index is 11.4. The Hall–Kier alpha value is 0.290. The topological polar surface area (TPSA) is 54.4 Å². The summed E-state index contributed by atoms with van der Waals surface area (Å²) in [6.45, 7) is 0. The van der Waals surface area contributed by atoms with Gasteiger partial charge < -0.3 is 5.11 Å². The van der Waals surface area contributed by atoms with E-state index in [4.69, 9.17) is 46.4 Å². The van der Waals surface area contributed by atoms with Gasteiger partial charge in [0.2, 0.25) is 3.67 Å². The molecule has 96 valence electrons. The molecule has 0 heterocycles. The summed E-state index contributed by atoms with van der Waals surface area (Å²) in [4.78, 5) is 0. The Labute approximate surface area is 119 Å². The van der Waals surface area contributed by atoms with Crippen molar-refractivity contribution in [2.45, 2.75) is 9.77 Å². The number of alkyl halides is 2. The fraction of sp³-hybridized carbons (Fsp3) is 0.333. The van der Waals surface area contributed by atoms with E-state index in [9.17, 15) is 13.5 Å². The molecule has 0 aliphatic carbocycles. The summed E-state index contributed by atoms with van der Waals surface area (Å²) in [5.74, 6) is 0. The van der Waals surface area contributed by atoms with Crippen molar-refractivity contribution in [3.8, 4) is 0 Å². The summed E-state index contributed by atoms with van der Waals surface area (Å²) >= 11 is 22.8. The number of aliphatic hydroxyl groups is 1. The predicted molar refractivity (Wildman–Crippen MR) is 70.7 cm³/mol. The lowest BCUT2D eigenvalue weighted by Crippen LogP contribution is -2.32. The summed E-state index contributed by atoms with van der Waals surface area (Å²) in [7, 11) is -3.89. The fourth-order valence-electron chi connectivity index (χ4n) is 1.11. The van der Waals surface area contributed by atoms with Gasteiger partial charge in [-0.05, 0) is 12.1 Å². The molecule has 0 saturated heterocycles. The largest absolute Gasteiger partial charge is 0.384 e. The van der Waals surface area contributed by atoms with Crippen LogP contribution in [-0.2, 0) is 9.84 Å². The second-order valence-electron chi connectivity index (χ2n) is 3.40. The van der Waals surface area contributed by atoms with Crippen LogP contribution >= 0.6 is 46.4 Å². The van der Waals surface area contributed by atoms with Crippen molar-refractivity contribution in [1.29, 1.82) is 0 Å². The molecule has 0 radical (unpaired) electrons. The van der Waals surface area contributed by atoms with Gasteiger partial charge in [-0.3, -0.25) is 0 Å². The molecule has 1 aromatic carbocycles. The molecule has 8 heteroatoms. The highest BCUT2D eigenvalue weighted by atomic mass is 35.5. The van der Waals surface area contributed by atoms with Crippen molar-refractivity contribution >= 4 is 56.2 Å². The number of hydrogen-bond acceptors (Lipinski definition) is 3. The molecule has 0 fully saturated rings. The fourth-order valence-corrected chi connectivity index (χ4v) is 2.39. The number of benzene rings is 1. The van der Waals surface area contributed by atoms with E-state index >= 15 is 0 Å². The van der Waals surface area contributed by atoms with Crippen LogP contribution in [0.2, 0.25) is 10.0 Å². The van der Waals surface area contributed by atoms with Gasteiger partial charge in [-0.15, -0.1) is 0 Å².